The fourth-order valence-corrected chi connectivity index (χ4v) is 3.31. The minimum absolute atomic E-state index is 0.148. The number of carbonyl (C=O) groups is 2. The maximum atomic E-state index is 12.3. The lowest BCUT2D eigenvalue weighted by Gasteiger charge is -2.09. The fraction of sp³-hybridized carbons (Fsp3) is 0.211. The first-order valence-corrected chi connectivity index (χ1v) is 9.01. The molecule has 1 aromatic carbocycles. The van der Waals surface area contributed by atoms with Gasteiger partial charge in [-0.1, -0.05) is 6.07 Å². The summed E-state index contributed by atoms with van der Waals surface area (Å²) in [6, 6.07) is 11.0. The number of amides is 1. The van der Waals surface area contributed by atoms with E-state index in [1.54, 1.807) is 18.5 Å². The predicted molar refractivity (Wildman–Crippen MR) is 101 cm³/mol. The third-order valence-corrected chi connectivity index (χ3v) is 4.82. The molecule has 0 bridgehead atoms. The van der Waals surface area contributed by atoms with Crippen molar-refractivity contribution in [2.24, 2.45) is 0 Å². The van der Waals surface area contributed by atoms with Gasteiger partial charge in [0.05, 0.1) is 29.1 Å². The second-order valence-electron chi connectivity index (χ2n) is 5.69. The van der Waals surface area contributed by atoms with E-state index in [0.717, 1.165) is 10.6 Å². The SMILES string of the molecule is CCOC(=O)c1cnn(-c2cccc(NC(=O)c3ccc(C)s3)c2)c1C. The third-order valence-electron chi connectivity index (χ3n) is 3.82. The molecule has 0 radical (unpaired) electrons. The molecule has 0 saturated heterocycles. The van der Waals surface area contributed by atoms with E-state index in [2.05, 4.69) is 10.4 Å². The third kappa shape index (κ3) is 3.67. The Kier molecular flexibility index (Phi) is 5.18. The van der Waals surface area contributed by atoms with Crippen LogP contribution in [0.15, 0.2) is 42.6 Å². The lowest BCUT2D eigenvalue weighted by molar-refractivity contribution is 0.0525. The zero-order valence-electron chi connectivity index (χ0n) is 14.8. The number of nitrogens with zero attached hydrogens (tertiary/aromatic N) is 2. The van der Waals surface area contributed by atoms with Gasteiger partial charge in [-0.3, -0.25) is 4.79 Å². The second-order valence-corrected chi connectivity index (χ2v) is 6.98. The maximum Gasteiger partial charge on any atom is 0.341 e. The Balaban J connectivity index is 1.84. The first kappa shape index (κ1) is 17.9. The molecule has 0 aliphatic heterocycles. The summed E-state index contributed by atoms with van der Waals surface area (Å²) in [7, 11) is 0. The van der Waals surface area contributed by atoms with E-state index in [0.29, 0.717) is 28.4 Å². The van der Waals surface area contributed by atoms with Crippen molar-refractivity contribution in [3.63, 3.8) is 0 Å². The van der Waals surface area contributed by atoms with Crippen LogP contribution in [0.5, 0.6) is 0 Å². The number of ether oxygens (including phenoxy) is 1. The molecule has 2 heterocycles. The van der Waals surface area contributed by atoms with E-state index < -0.39 is 5.97 Å². The molecule has 1 N–H and O–H groups in total. The molecule has 3 rings (SSSR count). The van der Waals surface area contributed by atoms with Crippen molar-refractivity contribution < 1.29 is 14.3 Å². The summed E-state index contributed by atoms with van der Waals surface area (Å²) in [6.45, 7) is 5.84. The van der Waals surface area contributed by atoms with Crippen molar-refractivity contribution in [1.82, 2.24) is 9.78 Å². The summed E-state index contributed by atoms with van der Waals surface area (Å²) >= 11 is 1.45. The molecule has 0 aliphatic rings. The first-order valence-electron chi connectivity index (χ1n) is 8.19. The Morgan fingerprint density at radius 2 is 2.04 bits per heavy atom. The van der Waals surface area contributed by atoms with Gasteiger partial charge in [-0.15, -0.1) is 11.3 Å². The van der Waals surface area contributed by atoms with Gasteiger partial charge in [0.1, 0.15) is 5.56 Å². The zero-order valence-corrected chi connectivity index (χ0v) is 15.6. The number of aromatic nitrogens is 2. The minimum Gasteiger partial charge on any atom is -0.462 e. The molecule has 0 saturated carbocycles. The predicted octanol–water partition coefficient (Wildman–Crippen LogP) is 3.98. The van der Waals surface area contributed by atoms with Gasteiger partial charge in [-0.05, 0) is 51.1 Å². The van der Waals surface area contributed by atoms with Crippen LogP contribution in [0, 0.1) is 13.8 Å². The summed E-state index contributed by atoms with van der Waals surface area (Å²) < 4.78 is 6.69. The monoisotopic (exact) mass is 369 g/mol. The van der Waals surface area contributed by atoms with Gasteiger partial charge in [0, 0.05) is 10.6 Å². The molecular formula is C19H19N3O3S. The average Bonchev–Trinajstić information content (AvgIpc) is 3.21. The molecule has 134 valence electrons. The van der Waals surface area contributed by atoms with Crippen molar-refractivity contribution in [2.75, 3.05) is 11.9 Å². The van der Waals surface area contributed by atoms with E-state index >= 15 is 0 Å². The van der Waals surface area contributed by atoms with E-state index in [1.807, 2.05) is 43.3 Å². The molecule has 2 aromatic heterocycles. The van der Waals surface area contributed by atoms with E-state index in [4.69, 9.17) is 4.74 Å². The number of rotatable bonds is 5. The Hall–Kier alpha value is -2.93. The van der Waals surface area contributed by atoms with Crippen molar-refractivity contribution in [3.8, 4) is 5.69 Å². The molecule has 3 aromatic rings. The van der Waals surface area contributed by atoms with Gasteiger partial charge in [-0.25, -0.2) is 9.48 Å². The number of aryl methyl sites for hydroxylation is 1. The van der Waals surface area contributed by atoms with E-state index in [1.165, 1.54) is 17.5 Å². The number of hydrogen-bond donors (Lipinski definition) is 1. The van der Waals surface area contributed by atoms with E-state index in [-0.39, 0.29) is 5.91 Å². The average molecular weight is 369 g/mol. The number of hydrogen-bond acceptors (Lipinski definition) is 5. The summed E-state index contributed by atoms with van der Waals surface area (Å²) in [5.41, 5.74) is 2.51. The van der Waals surface area contributed by atoms with Crippen LogP contribution in [0.25, 0.3) is 5.69 Å². The van der Waals surface area contributed by atoms with Crippen LogP contribution in [-0.4, -0.2) is 28.3 Å². The van der Waals surface area contributed by atoms with Gasteiger partial charge in [0.15, 0.2) is 0 Å². The lowest BCUT2D eigenvalue weighted by Crippen LogP contribution is -2.11. The lowest BCUT2D eigenvalue weighted by atomic mass is 10.2. The summed E-state index contributed by atoms with van der Waals surface area (Å²) in [5, 5.41) is 7.17. The number of carbonyl (C=O) groups excluding carboxylic acids is 2. The van der Waals surface area contributed by atoms with Crippen LogP contribution in [0.4, 0.5) is 5.69 Å². The maximum absolute atomic E-state index is 12.3. The zero-order chi connectivity index (χ0) is 18.7. The van der Waals surface area contributed by atoms with Crippen LogP contribution in [0.2, 0.25) is 0 Å². The van der Waals surface area contributed by atoms with Crippen molar-refractivity contribution in [2.45, 2.75) is 20.8 Å². The number of thiophene rings is 1. The van der Waals surface area contributed by atoms with Gasteiger partial charge < -0.3 is 10.1 Å². The number of benzene rings is 1. The second kappa shape index (κ2) is 7.53. The Morgan fingerprint density at radius 1 is 1.23 bits per heavy atom. The summed E-state index contributed by atoms with van der Waals surface area (Å²) in [4.78, 5) is 26.0. The Labute approximate surface area is 155 Å². The highest BCUT2D eigenvalue weighted by Gasteiger charge is 2.16. The molecule has 0 atom stereocenters. The smallest absolute Gasteiger partial charge is 0.341 e. The van der Waals surface area contributed by atoms with Crippen LogP contribution >= 0.6 is 11.3 Å². The molecule has 0 unspecified atom stereocenters. The highest BCUT2D eigenvalue weighted by molar-refractivity contribution is 7.14. The van der Waals surface area contributed by atoms with Crippen LogP contribution in [0.1, 0.15) is 37.5 Å². The number of esters is 1. The Morgan fingerprint density at radius 3 is 2.73 bits per heavy atom. The molecular weight excluding hydrogens is 350 g/mol. The molecule has 1 amide bonds. The standard InChI is InChI=1S/C19H19N3O3S/c1-4-25-19(24)16-11-20-22(13(16)3)15-7-5-6-14(10-15)21-18(23)17-9-8-12(2)26-17/h5-11H,4H2,1-3H3,(H,21,23). The Bertz CT molecular complexity index is 959. The van der Waals surface area contributed by atoms with Gasteiger partial charge in [0.25, 0.3) is 5.91 Å². The molecule has 0 aliphatic carbocycles. The van der Waals surface area contributed by atoms with Gasteiger partial charge in [-0.2, -0.15) is 5.10 Å². The van der Waals surface area contributed by atoms with Crippen molar-refractivity contribution in [1.29, 1.82) is 0 Å². The van der Waals surface area contributed by atoms with Gasteiger partial charge >= 0.3 is 5.97 Å². The minimum atomic E-state index is -0.395. The molecule has 7 heteroatoms. The number of nitrogens with one attached hydrogen (secondary N) is 1. The number of anilines is 1. The van der Waals surface area contributed by atoms with Crippen LogP contribution in [0.3, 0.4) is 0 Å². The summed E-state index contributed by atoms with van der Waals surface area (Å²) in [6.07, 6.45) is 1.49. The quantitative estimate of drug-likeness (QED) is 0.691. The highest BCUT2D eigenvalue weighted by Crippen LogP contribution is 2.21. The largest absolute Gasteiger partial charge is 0.462 e. The van der Waals surface area contributed by atoms with E-state index in [9.17, 15) is 9.59 Å². The van der Waals surface area contributed by atoms with Crippen LogP contribution in [-0.2, 0) is 4.74 Å². The molecule has 0 spiro atoms. The highest BCUT2D eigenvalue weighted by atomic mass is 32.1. The topological polar surface area (TPSA) is 73.2 Å². The van der Waals surface area contributed by atoms with Crippen LogP contribution < -0.4 is 5.32 Å². The van der Waals surface area contributed by atoms with Crippen molar-refractivity contribution in [3.05, 3.63) is 63.6 Å². The molecule has 26 heavy (non-hydrogen) atoms. The first-order chi connectivity index (χ1) is 12.5. The molecule has 6 nitrogen and oxygen atoms in total. The summed E-state index contributed by atoms with van der Waals surface area (Å²) in [5.74, 6) is -0.543. The fourth-order valence-electron chi connectivity index (χ4n) is 2.54. The normalized spacial score (nSPS) is 10.6. The molecule has 0 fully saturated rings. The van der Waals surface area contributed by atoms with Crippen molar-refractivity contribution >= 4 is 28.9 Å². The van der Waals surface area contributed by atoms with Gasteiger partial charge in [0.2, 0.25) is 0 Å².